The highest BCUT2D eigenvalue weighted by Crippen LogP contribution is 2.43. The number of halogens is 1. The molecule has 0 saturated heterocycles. The minimum atomic E-state index is -1.53. The SMILES string of the molecule is CCc1nc(-c2c(OC)cc(C(C)(C)F)cc2OC)c(CC)nc1-c1cc(C)ccc1C. The predicted octanol–water partition coefficient (Wildman–Crippen LogP) is 6.77. The van der Waals surface area contributed by atoms with Crippen molar-refractivity contribution >= 4 is 0 Å². The Hall–Kier alpha value is -2.95. The zero-order valence-electron chi connectivity index (χ0n) is 20.4. The summed E-state index contributed by atoms with van der Waals surface area (Å²) in [5.41, 5.74) is 6.50. The first-order chi connectivity index (χ1) is 15.1. The number of ether oxygens (including phenoxy) is 2. The molecule has 5 heteroatoms. The van der Waals surface area contributed by atoms with E-state index < -0.39 is 5.67 Å². The minimum Gasteiger partial charge on any atom is -0.496 e. The van der Waals surface area contributed by atoms with Crippen LogP contribution in [0.5, 0.6) is 11.5 Å². The zero-order chi connectivity index (χ0) is 23.6. The Morgan fingerprint density at radius 1 is 0.844 bits per heavy atom. The number of rotatable bonds is 7. The first kappa shape index (κ1) is 23.7. The lowest BCUT2D eigenvalue weighted by Gasteiger charge is -2.22. The molecule has 3 aromatic rings. The molecule has 0 atom stereocenters. The third kappa shape index (κ3) is 4.47. The Bertz CT molecular complexity index is 1110. The van der Waals surface area contributed by atoms with Crippen LogP contribution in [0.4, 0.5) is 4.39 Å². The van der Waals surface area contributed by atoms with Crippen LogP contribution in [0.25, 0.3) is 22.5 Å². The maximum absolute atomic E-state index is 14.7. The number of nitrogens with zero attached hydrogens (tertiary/aromatic N) is 2. The molecule has 0 aliphatic rings. The van der Waals surface area contributed by atoms with Gasteiger partial charge in [0.05, 0.1) is 42.6 Å². The van der Waals surface area contributed by atoms with E-state index in [0.29, 0.717) is 29.0 Å². The van der Waals surface area contributed by atoms with Gasteiger partial charge in [0.15, 0.2) is 0 Å². The van der Waals surface area contributed by atoms with Gasteiger partial charge in [-0.15, -0.1) is 0 Å². The second-order valence-electron chi connectivity index (χ2n) is 8.57. The van der Waals surface area contributed by atoms with Gasteiger partial charge in [0, 0.05) is 5.56 Å². The van der Waals surface area contributed by atoms with E-state index in [1.54, 1.807) is 26.4 Å². The van der Waals surface area contributed by atoms with Crippen molar-refractivity contribution in [3.05, 3.63) is 58.4 Å². The van der Waals surface area contributed by atoms with Crippen molar-refractivity contribution in [1.29, 1.82) is 0 Å². The summed E-state index contributed by atoms with van der Waals surface area (Å²) in [6.07, 6.45) is 1.42. The van der Waals surface area contributed by atoms with Gasteiger partial charge in [-0.05, 0) is 69.9 Å². The first-order valence-electron chi connectivity index (χ1n) is 11.1. The van der Waals surface area contributed by atoms with Crippen LogP contribution >= 0.6 is 0 Å². The van der Waals surface area contributed by atoms with Crippen LogP contribution in [0.15, 0.2) is 30.3 Å². The Morgan fingerprint density at radius 3 is 1.88 bits per heavy atom. The highest BCUT2D eigenvalue weighted by Gasteiger charge is 2.27. The van der Waals surface area contributed by atoms with Gasteiger partial charge < -0.3 is 9.47 Å². The summed E-state index contributed by atoms with van der Waals surface area (Å²) in [6.45, 7) is 11.4. The van der Waals surface area contributed by atoms with Crippen LogP contribution in [0.2, 0.25) is 0 Å². The molecule has 0 fully saturated rings. The normalized spacial score (nSPS) is 11.5. The summed E-state index contributed by atoms with van der Waals surface area (Å²) < 4.78 is 26.1. The van der Waals surface area contributed by atoms with Crippen LogP contribution in [-0.4, -0.2) is 24.2 Å². The van der Waals surface area contributed by atoms with Gasteiger partial charge in [-0.3, -0.25) is 0 Å². The van der Waals surface area contributed by atoms with Crippen LogP contribution in [-0.2, 0) is 18.5 Å². The topological polar surface area (TPSA) is 44.2 Å². The van der Waals surface area contributed by atoms with Crippen LogP contribution in [0, 0.1) is 13.8 Å². The molecule has 1 heterocycles. The van der Waals surface area contributed by atoms with E-state index in [0.717, 1.165) is 34.8 Å². The number of aryl methyl sites for hydroxylation is 4. The van der Waals surface area contributed by atoms with Crippen LogP contribution < -0.4 is 9.47 Å². The van der Waals surface area contributed by atoms with E-state index in [4.69, 9.17) is 19.4 Å². The molecule has 3 rings (SSSR count). The quantitative estimate of drug-likeness (QED) is 0.410. The largest absolute Gasteiger partial charge is 0.496 e. The molecule has 1 aromatic heterocycles. The highest BCUT2D eigenvalue weighted by molar-refractivity contribution is 5.78. The van der Waals surface area contributed by atoms with E-state index in [1.807, 2.05) is 0 Å². The predicted molar refractivity (Wildman–Crippen MR) is 128 cm³/mol. The average Bonchev–Trinajstić information content (AvgIpc) is 2.78. The number of alkyl halides is 1. The number of benzene rings is 2. The first-order valence-corrected chi connectivity index (χ1v) is 11.1. The summed E-state index contributed by atoms with van der Waals surface area (Å²) >= 11 is 0. The van der Waals surface area contributed by atoms with Gasteiger partial charge in [0.1, 0.15) is 17.2 Å². The summed E-state index contributed by atoms with van der Waals surface area (Å²) in [5.74, 6) is 1.05. The second-order valence-corrected chi connectivity index (χ2v) is 8.57. The van der Waals surface area contributed by atoms with E-state index >= 15 is 0 Å². The Morgan fingerprint density at radius 2 is 1.38 bits per heavy atom. The lowest BCUT2D eigenvalue weighted by Crippen LogP contribution is -2.11. The van der Waals surface area contributed by atoms with Gasteiger partial charge in [-0.1, -0.05) is 31.5 Å². The minimum absolute atomic E-state index is 0.490. The summed E-state index contributed by atoms with van der Waals surface area (Å²) in [7, 11) is 3.16. The van der Waals surface area contributed by atoms with Crippen LogP contribution in [0.3, 0.4) is 0 Å². The number of hydrogen-bond acceptors (Lipinski definition) is 4. The molecule has 0 amide bonds. The van der Waals surface area contributed by atoms with Crippen molar-refractivity contribution in [3.8, 4) is 34.0 Å². The summed E-state index contributed by atoms with van der Waals surface area (Å²) in [5, 5.41) is 0. The number of methoxy groups -OCH3 is 2. The maximum Gasteiger partial charge on any atom is 0.132 e. The van der Waals surface area contributed by atoms with Crippen molar-refractivity contribution < 1.29 is 13.9 Å². The number of aromatic nitrogens is 2. The zero-order valence-corrected chi connectivity index (χ0v) is 20.4. The lowest BCUT2D eigenvalue weighted by molar-refractivity contribution is 0.220. The second kappa shape index (κ2) is 9.27. The van der Waals surface area contributed by atoms with E-state index in [9.17, 15) is 4.39 Å². The maximum atomic E-state index is 14.7. The molecule has 0 aliphatic heterocycles. The Labute approximate surface area is 190 Å². The summed E-state index contributed by atoms with van der Waals surface area (Å²) in [6, 6.07) is 9.84. The van der Waals surface area contributed by atoms with Gasteiger partial charge in [-0.25, -0.2) is 14.4 Å². The van der Waals surface area contributed by atoms with Crippen molar-refractivity contribution in [2.75, 3.05) is 14.2 Å². The molecule has 0 radical (unpaired) electrons. The van der Waals surface area contributed by atoms with Crippen molar-refractivity contribution in [2.45, 2.75) is 60.1 Å². The molecule has 0 N–H and O–H groups in total. The molecule has 32 heavy (non-hydrogen) atoms. The molecule has 0 saturated carbocycles. The molecule has 4 nitrogen and oxygen atoms in total. The van der Waals surface area contributed by atoms with E-state index in [1.165, 1.54) is 25.0 Å². The van der Waals surface area contributed by atoms with Crippen molar-refractivity contribution in [3.63, 3.8) is 0 Å². The van der Waals surface area contributed by atoms with Gasteiger partial charge in [0.2, 0.25) is 0 Å². The fraction of sp³-hybridized carbons (Fsp3) is 0.407. The van der Waals surface area contributed by atoms with Crippen molar-refractivity contribution in [1.82, 2.24) is 9.97 Å². The molecule has 0 aliphatic carbocycles. The molecule has 0 unspecified atom stereocenters. The molecular formula is C27H33FN2O2. The standard InChI is InChI=1S/C27H33FN2O2/c1-9-20-25(19-13-16(3)11-12-17(19)4)29-21(10-2)26(30-20)24-22(31-7)14-18(27(5,6)28)15-23(24)32-8/h11-15H,9-10H2,1-8H3. The molecule has 0 bridgehead atoms. The lowest BCUT2D eigenvalue weighted by atomic mass is 9.94. The fourth-order valence-electron chi connectivity index (χ4n) is 3.89. The third-order valence-electron chi connectivity index (χ3n) is 5.79. The Balaban J connectivity index is 2.33. The smallest absolute Gasteiger partial charge is 0.132 e. The molecular weight excluding hydrogens is 403 g/mol. The molecule has 2 aromatic carbocycles. The monoisotopic (exact) mass is 436 g/mol. The fourth-order valence-corrected chi connectivity index (χ4v) is 3.89. The highest BCUT2D eigenvalue weighted by atomic mass is 19.1. The van der Waals surface area contributed by atoms with Gasteiger partial charge >= 0.3 is 0 Å². The van der Waals surface area contributed by atoms with Gasteiger partial charge in [-0.2, -0.15) is 0 Å². The summed E-state index contributed by atoms with van der Waals surface area (Å²) in [4.78, 5) is 10.2. The molecule has 170 valence electrons. The molecule has 0 spiro atoms. The van der Waals surface area contributed by atoms with E-state index in [2.05, 4.69) is 45.9 Å². The average molecular weight is 437 g/mol. The Kier molecular flexibility index (Phi) is 6.87. The van der Waals surface area contributed by atoms with Gasteiger partial charge in [0.25, 0.3) is 0 Å². The van der Waals surface area contributed by atoms with Crippen LogP contribution in [0.1, 0.15) is 55.8 Å². The number of hydrogen-bond donors (Lipinski definition) is 0. The van der Waals surface area contributed by atoms with Crippen molar-refractivity contribution in [2.24, 2.45) is 0 Å². The van der Waals surface area contributed by atoms with E-state index in [-0.39, 0.29) is 0 Å². The third-order valence-corrected chi connectivity index (χ3v) is 5.79.